The van der Waals surface area contributed by atoms with E-state index in [-0.39, 0.29) is 48.5 Å². The third kappa shape index (κ3) is 5.76. The van der Waals surface area contributed by atoms with Gasteiger partial charge in [0.25, 0.3) is 0 Å². The predicted molar refractivity (Wildman–Crippen MR) is 151 cm³/mol. The van der Waals surface area contributed by atoms with Crippen LogP contribution in [0.1, 0.15) is 42.8 Å². The molecule has 10 nitrogen and oxygen atoms in total. The van der Waals surface area contributed by atoms with Crippen molar-refractivity contribution in [1.29, 1.82) is 0 Å². The lowest BCUT2D eigenvalue weighted by Gasteiger charge is -2.48. The molecule has 210 valence electrons. The van der Waals surface area contributed by atoms with Gasteiger partial charge in [-0.05, 0) is 42.3 Å². The quantitative estimate of drug-likeness (QED) is 0.437. The smallest absolute Gasteiger partial charge is 0.233 e. The zero-order valence-electron chi connectivity index (χ0n) is 25.5. The highest BCUT2D eigenvalue weighted by Crippen LogP contribution is 2.39. The van der Waals surface area contributed by atoms with Crippen molar-refractivity contribution in [2.45, 2.75) is 51.4 Å². The second kappa shape index (κ2) is 10.8. The summed E-state index contributed by atoms with van der Waals surface area (Å²) in [5.41, 5.74) is 2.16. The van der Waals surface area contributed by atoms with Crippen LogP contribution in [0.4, 0.5) is 27.8 Å². The van der Waals surface area contributed by atoms with Crippen LogP contribution < -0.4 is 15.1 Å². The van der Waals surface area contributed by atoms with E-state index < -0.39 is 29.2 Å². The van der Waals surface area contributed by atoms with Crippen molar-refractivity contribution in [3.63, 3.8) is 0 Å². The van der Waals surface area contributed by atoms with Gasteiger partial charge >= 0.3 is 0 Å². The highest BCUT2D eigenvalue weighted by atomic mass is 32.2. The fraction of sp³-hybridized carbons (Fsp3) is 0.556. The van der Waals surface area contributed by atoms with Crippen LogP contribution in [0.5, 0.6) is 0 Å². The minimum Gasteiger partial charge on any atom is -0.378 e. The summed E-state index contributed by atoms with van der Waals surface area (Å²) in [5.74, 6) is 1.54. The number of pyridine rings is 1. The maximum absolute atomic E-state index is 14.7. The summed E-state index contributed by atoms with van der Waals surface area (Å²) in [6.07, 6.45) is 2.08. The summed E-state index contributed by atoms with van der Waals surface area (Å²) in [7, 11) is -5.71. The molecule has 0 radical (unpaired) electrons. The number of hydrogen-bond donors (Lipinski definition) is 1. The fourth-order valence-corrected chi connectivity index (χ4v) is 6.63. The molecule has 1 aromatic carbocycles. The first-order valence-electron chi connectivity index (χ1n) is 14.6. The summed E-state index contributed by atoms with van der Waals surface area (Å²) in [6.45, 7) is 7.20. The maximum atomic E-state index is 14.7. The lowest BCUT2D eigenvalue weighted by molar-refractivity contribution is 0.0194. The van der Waals surface area contributed by atoms with Gasteiger partial charge in [0.05, 0.1) is 22.5 Å². The van der Waals surface area contributed by atoms with Gasteiger partial charge in [-0.15, -0.1) is 0 Å². The van der Waals surface area contributed by atoms with E-state index in [1.165, 1.54) is 12.6 Å². The second-order valence-electron chi connectivity index (χ2n) is 10.8. The van der Waals surface area contributed by atoms with Crippen molar-refractivity contribution in [2.24, 2.45) is 5.92 Å². The summed E-state index contributed by atoms with van der Waals surface area (Å²) >= 11 is 0. The van der Waals surface area contributed by atoms with Crippen molar-refractivity contribution in [3.8, 4) is 0 Å². The average molecular weight is 561 g/mol. The molecule has 0 unspecified atom stereocenters. The van der Waals surface area contributed by atoms with Crippen LogP contribution in [-0.4, -0.2) is 85.4 Å². The number of nitrogens with zero attached hydrogens (tertiary/aromatic N) is 6. The van der Waals surface area contributed by atoms with Crippen LogP contribution >= 0.6 is 0 Å². The van der Waals surface area contributed by atoms with E-state index in [1.807, 2.05) is 6.07 Å². The Bertz CT molecular complexity index is 1560. The number of alkyl halides is 1. The van der Waals surface area contributed by atoms with Gasteiger partial charge in [-0.1, -0.05) is 19.9 Å². The molecule has 2 aromatic heterocycles. The molecular formula is C27H36FN7O3S. The third-order valence-corrected chi connectivity index (χ3v) is 8.71. The minimum atomic E-state index is -3.05. The topological polar surface area (TPSA) is 113 Å². The number of methoxy groups -OCH3 is 1. The summed E-state index contributed by atoms with van der Waals surface area (Å²) in [6, 6.07) is 6.23. The normalized spacial score (nSPS) is 25.2. The zero-order valence-corrected chi connectivity index (χ0v) is 23.3. The first kappa shape index (κ1) is 23.7. The lowest BCUT2D eigenvalue weighted by Crippen LogP contribution is -2.57. The molecule has 1 N–H and O–H groups in total. The fourth-order valence-electron chi connectivity index (χ4n) is 5.47. The van der Waals surface area contributed by atoms with Crippen LogP contribution in [0.3, 0.4) is 0 Å². The second-order valence-corrected chi connectivity index (χ2v) is 13.0. The molecule has 39 heavy (non-hydrogen) atoms. The maximum Gasteiger partial charge on any atom is 0.233 e. The average Bonchev–Trinajstić information content (AvgIpc) is 2.90. The van der Waals surface area contributed by atoms with E-state index in [0.717, 1.165) is 22.0 Å². The van der Waals surface area contributed by atoms with E-state index in [4.69, 9.17) is 8.85 Å². The van der Waals surface area contributed by atoms with Gasteiger partial charge in [-0.3, -0.25) is 0 Å². The van der Waals surface area contributed by atoms with Crippen LogP contribution in [-0.2, 0) is 14.6 Å². The van der Waals surface area contributed by atoms with Crippen LogP contribution in [0.25, 0.3) is 10.8 Å². The van der Waals surface area contributed by atoms with Gasteiger partial charge in [0.2, 0.25) is 11.9 Å². The number of ether oxygens (including phenoxy) is 1. The van der Waals surface area contributed by atoms with E-state index in [9.17, 15) is 12.8 Å². The zero-order chi connectivity index (χ0) is 30.4. The number of nitrogens with one attached hydrogen (secondary N) is 1. The van der Waals surface area contributed by atoms with E-state index in [0.29, 0.717) is 18.9 Å². The molecule has 3 aromatic rings. The summed E-state index contributed by atoms with van der Waals surface area (Å²) < 4.78 is 65.0. The third-order valence-electron chi connectivity index (χ3n) is 7.68. The van der Waals surface area contributed by atoms with E-state index in [1.54, 1.807) is 11.1 Å². The molecule has 0 aliphatic carbocycles. The standard InChI is InChI=1S/C27H36FN7O3S/c1-16(2)19-6-7-23(35-12-18(17(35)3)14-39(5,36)37)21-11-29-25(10-20(19)21)32-26-30-15-31-27(33-26)34-9-8-24(38-4)22(28)13-34/h6-7,10-11,15-18,22,24H,8-9,12-14H2,1-5H3,(H,29,30,31,32,33)/t17-,18-,22+,24-/m1/s1/i4D3. The number of hydrogen-bond acceptors (Lipinski definition) is 10. The number of aromatic nitrogens is 4. The van der Waals surface area contributed by atoms with Gasteiger partial charge in [0.1, 0.15) is 28.2 Å². The van der Waals surface area contributed by atoms with Crippen molar-refractivity contribution >= 4 is 44.0 Å². The van der Waals surface area contributed by atoms with E-state index >= 15 is 0 Å². The van der Waals surface area contributed by atoms with Gasteiger partial charge in [0, 0.05) is 55.6 Å². The number of piperidine rings is 1. The van der Waals surface area contributed by atoms with Gasteiger partial charge in [0.15, 0.2) is 0 Å². The Labute approximate surface area is 233 Å². The van der Waals surface area contributed by atoms with Crippen molar-refractivity contribution in [3.05, 3.63) is 36.3 Å². The molecule has 0 saturated carbocycles. The summed E-state index contributed by atoms with van der Waals surface area (Å²) in [4.78, 5) is 21.3. The minimum absolute atomic E-state index is 0.0827. The van der Waals surface area contributed by atoms with Crippen molar-refractivity contribution < 1.29 is 21.7 Å². The highest BCUT2D eigenvalue weighted by molar-refractivity contribution is 7.90. The van der Waals surface area contributed by atoms with Crippen molar-refractivity contribution in [2.75, 3.05) is 53.8 Å². The molecular weight excluding hydrogens is 521 g/mol. The monoisotopic (exact) mass is 560 g/mol. The molecule has 0 amide bonds. The number of sulfone groups is 1. The lowest BCUT2D eigenvalue weighted by atomic mass is 9.88. The largest absolute Gasteiger partial charge is 0.378 e. The number of fused-ring (bicyclic) bond motifs is 1. The first-order chi connectivity index (χ1) is 19.7. The van der Waals surface area contributed by atoms with Crippen LogP contribution in [0.2, 0.25) is 0 Å². The molecule has 0 spiro atoms. The molecule has 2 aliphatic heterocycles. The van der Waals surface area contributed by atoms with Gasteiger partial charge < -0.3 is 19.9 Å². The van der Waals surface area contributed by atoms with Gasteiger partial charge in [-0.2, -0.15) is 4.98 Å². The Hall–Kier alpha value is -3.12. The Balaban J connectivity index is 1.35. The molecule has 4 atom stereocenters. The molecule has 2 fully saturated rings. The highest BCUT2D eigenvalue weighted by Gasteiger charge is 2.38. The Morgan fingerprint density at radius 1 is 1.23 bits per heavy atom. The van der Waals surface area contributed by atoms with Crippen molar-refractivity contribution in [1.82, 2.24) is 19.9 Å². The SMILES string of the molecule is [2H]C([2H])([2H])O[C@@H]1CCN(c2ncnc(Nc3cc4c(C(C)C)ccc(N5C[C@H](CS(C)(=O)=O)[C@H]5C)c4cn3)n2)C[C@@H]1F. The van der Waals surface area contributed by atoms with E-state index in [2.05, 4.69) is 63.1 Å². The van der Waals surface area contributed by atoms with Crippen LogP contribution in [0.15, 0.2) is 30.7 Å². The molecule has 12 heteroatoms. The number of halogens is 1. The Morgan fingerprint density at radius 2 is 2.05 bits per heavy atom. The molecule has 0 bridgehead atoms. The Kier molecular flexibility index (Phi) is 6.58. The van der Waals surface area contributed by atoms with Gasteiger partial charge in [-0.25, -0.2) is 27.8 Å². The summed E-state index contributed by atoms with van der Waals surface area (Å²) in [5, 5.41) is 5.13. The first-order valence-corrected chi connectivity index (χ1v) is 15.1. The number of rotatable bonds is 8. The number of anilines is 4. The molecule has 2 aliphatic rings. The molecule has 4 heterocycles. The Morgan fingerprint density at radius 3 is 2.74 bits per heavy atom. The molecule has 5 rings (SSSR count). The van der Waals surface area contributed by atoms with Crippen LogP contribution in [0, 0.1) is 5.92 Å². The predicted octanol–water partition coefficient (Wildman–Crippen LogP) is 3.72. The molecule has 2 saturated heterocycles. The number of benzene rings is 1.